The molecule has 94 valence electrons. The molecule has 1 saturated heterocycles. The molecule has 3 nitrogen and oxygen atoms in total. The van der Waals surface area contributed by atoms with Crippen LogP contribution in [-0.2, 0) is 6.42 Å². The molecule has 17 heavy (non-hydrogen) atoms. The van der Waals surface area contributed by atoms with Gasteiger partial charge in [-0.05, 0) is 37.3 Å². The number of hydrogen-bond acceptors (Lipinski definition) is 3. The summed E-state index contributed by atoms with van der Waals surface area (Å²) in [6.45, 7) is 8.06. The van der Waals surface area contributed by atoms with Crippen molar-refractivity contribution < 1.29 is 4.79 Å². The van der Waals surface area contributed by atoms with Crippen molar-refractivity contribution in [3.05, 3.63) is 21.9 Å². The minimum atomic E-state index is 0.206. The number of amides is 1. The molecule has 2 heterocycles. The lowest BCUT2D eigenvalue weighted by molar-refractivity contribution is 0.0607. The van der Waals surface area contributed by atoms with Gasteiger partial charge in [0.25, 0.3) is 5.91 Å². The van der Waals surface area contributed by atoms with Gasteiger partial charge in [0.15, 0.2) is 0 Å². The Hall–Kier alpha value is -0.870. The predicted octanol–water partition coefficient (Wildman–Crippen LogP) is 2.13. The topological polar surface area (TPSA) is 32.3 Å². The molecule has 1 amide bonds. The van der Waals surface area contributed by atoms with Gasteiger partial charge in [-0.15, -0.1) is 11.3 Å². The normalized spacial score (nSPS) is 25.0. The molecule has 1 aromatic heterocycles. The predicted molar refractivity (Wildman–Crippen MR) is 71.7 cm³/mol. The average molecular weight is 252 g/mol. The van der Waals surface area contributed by atoms with Crippen LogP contribution in [0.2, 0.25) is 0 Å². The maximum absolute atomic E-state index is 12.5. The van der Waals surface area contributed by atoms with Gasteiger partial charge in [0.1, 0.15) is 0 Å². The molecule has 1 aliphatic heterocycles. The van der Waals surface area contributed by atoms with Crippen molar-refractivity contribution in [2.45, 2.75) is 39.3 Å². The van der Waals surface area contributed by atoms with E-state index >= 15 is 0 Å². The van der Waals surface area contributed by atoms with E-state index in [-0.39, 0.29) is 11.9 Å². The molecule has 0 aliphatic carbocycles. The number of piperazine rings is 1. The van der Waals surface area contributed by atoms with Crippen LogP contribution in [0.15, 0.2) is 11.4 Å². The fourth-order valence-electron chi connectivity index (χ4n) is 2.28. The third-order valence-electron chi connectivity index (χ3n) is 3.62. The number of thiophene rings is 1. The van der Waals surface area contributed by atoms with Gasteiger partial charge in [-0.25, -0.2) is 0 Å². The molecule has 2 unspecified atom stereocenters. The van der Waals surface area contributed by atoms with Gasteiger partial charge in [-0.2, -0.15) is 0 Å². The van der Waals surface area contributed by atoms with Crippen LogP contribution in [0.3, 0.4) is 0 Å². The summed E-state index contributed by atoms with van der Waals surface area (Å²) in [4.78, 5) is 15.4. The monoisotopic (exact) mass is 252 g/mol. The van der Waals surface area contributed by atoms with Crippen LogP contribution < -0.4 is 5.32 Å². The summed E-state index contributed by atoms with van der Waals surface area (Å²) in [6, 6.07) is 2.70. The Morgan fingerprint density at radius 2 is 2.35 bits per heavy atom. The largest absolute Gasteiger partial charge is 0.332 e. The Kier molecular flexibility index (Phi) is 3.84. The molecule has 1 aromatic rings. The second kappa shape index (κ2) is 5.19. The van der Waals surface area contributed by atoms with Crippen LogP contribution in [0.1, 0.15) is 36.0 Å². The molecule has 0 radical (unpaired) electrons. The SMILES string of the molecule is CCc1ccsc1C(=O)N1CCNC(C)C1C. The van der Waals surface area contributed by atoms with Crippen molar-refractivity contribution in [2.24, 2.45) is 0 Å². The summed E-state index contributed by atoms with van der Waals surface area (Å²) in [7, 11) is 0. The third-order valence-corrected chi connectivity index (χ3v) is 4.56. The second-order valence-corrected chi connectivity index (χ2v) is 5.53. The number of hydrogen-bond donors (Lipinski definition) is 1. The average Bonchev–Trinajstić information content (AvgIpc) is 2.80. The van der Waals surface area contributed by atoms with Crippen LogP contribution in [0.5, 0.6) is 0 Å². The molecule has 1 fully saturated rings. The summed E-state index contributed by atoms with van der Waals surface area (Å²) < 4.78 is 0. The lowest BCUT2D eigenvalue weighted by Gasteiger charge is -2.38. The van der Waals surface area contributed by atoms with Gasteiger partial charge < -0.3 is 10.2 Å². The first-order chi connectivity index (χ1) is 8.15. The minimum Gasteiger partial charge on any atom is -0.332 e. The Morgan fingerprint density at radius 3 is 3.06 bits per heavy atom. The van der Waals surface area contributed by atoms with Crippen LogP contribution in [0.25, 0.3) is 0 Å². The van der Waals surface area contributed by atoms with Gasteiger partial charge in [0.05, 0.1) is 4.88 Å². The Balaban J connectivity index is 2.19. The van der Waals surface area contributed by atoms with Crippen molar-refractivity contribution in [1.29, 1.82) is 0 Å². The quantitative estimate of drug-likeness (QED) is 0.874. The van der Waals surface area contributed by atoms with Crippen molar-refractivity contribution in [3.63, 3.8) is 0 Å². The summed E-state index contributed by atoms with van der Waals surface area (Å²) >= 11 is 1.57. The van der Waals surface area contributed by atoms with Crippen LogP contribution >= 0.6 is 11.3 Å². The number of nitrogens with one attached hydrogen (secondary N) is 1. The lowest BCUT2D eigenvalue weighted by atomic mass is 10.1. The summed E-state index contributed by atoms with van der Waals surface area (Å²) in [5.41, 5.74) is 1.18. The van der Waals surface area contributed by atoms with Crippen molar-refractivity contribution in [1.82, 2.24) is 10.2 Å². The standard InChI is InChI=1S/C13H20N2OS/c1-4-11-5-8-17-12(11)13(16)15-7-6-14-9(2)10(15)3/h5,8-10,14H,4,6-7H2,1-3H3. The van der Waals surface area contributed by atoms with Crippen LogP contribution in [-0.4, -0.2) is 36.0 Å². The Bertz CT molecular complexity index is 402. The maximum Gasteiger partial charge on any atom is 0.264 e. The zero-order valence-corrected chi connectivity index (χ0v) is 11.5. The van der Waals surface area contributed by atoms with E-state index in [1.54, 1.807) is 11.3 Å². The maximum atomic E-state index is 12.5. The summed E-state index contributed by atoms with van der Waals surface area (Å²) in [5, 5.41) is 5.42. The van der Waals surface area contributed by atoms with Gasteiger partial charge >= 0.3 is 0 Å². The smallest absolute Gasteiger partial charge is 0.264 e. The lowest BCUT2D eigenvalue weighted by Crippen LogP contribution is -2.57. The number of carbonyl (C=O) groups is 1. The van der Waals surface area contributed by atoms with E-state index in [2.05, 4.69) is 32.2 Å². The van der Waals surface area contributed by atoms with Gasteiger partial charge in [0, 0.05) is 25.2 Å². The summed E-state index contributed by atoms with van der Waals surface area (Å²) in [5.74, 6) is 0.206. The highest BCUT2D eigenvalue weighted by molar-refractivity contribution is 7.12. The van der Waals surface area contributed by atoms with E-state index in [0.29, 0.717) is 6.04 Å². The van der Waals surface area contributed by atoms with Crippen molar-refractivity contribution >= 4 is 17.2 Å². The molecule has 1 aliphatic rings. The zero-order chi connectivity index (χ0) is 12.4. The van der Waals surface area contributed by atoms with E-state index in [1.165, 1.54) is 5.56 Å². The number of aryl methyl sites for hydroxylation is 1. The highest BCUT2D eigenvalue weighted by Gasteiger charge is 2.29. The molecule has 1 N–H and O–H groups in total. The molecular formula is C13H20N2OS. The van der Waals surface area contributed by atoms with E-state index in [9.17, 15) is 4.79 Å². The molecule has 4 heteroatoms. The van der Waals surface area contributed by atoms with Gasteiger partial charge in [-0.1, -0.05) is 6.92 Å². The third kappa shape index (κ3) is 2.38. The molecule has 0 aromatic carbocycles. The van der Waals surface area contributed by atoms with Crippen LogP contribution in [0.4, 0.5) is 0 Å². The molecular weight excluding hydrogens is 232 g/mol. The number of nitrogens with zero attached hydrogens (tertiary/aromatic N) is 1. The molecule has 0 bridgehead atoms. The highest BCUT2D eigenvalue weighted by Crippen LogP contribution is 2.22. The number of rotatable bonds is 2. The molecule has 2 atom stereocenters. The second-order valence-electron chi connectivity index (χ2n) is 4.61. The van der Waals surface area contributed by atoms with E-state index < -0.39 is 0 Å². The van der Waals surface area contributed by atoms with E-state index in [1.807, 2.05) is 10.3 Å². The number of carbonyl (C=O) groups excluding carboxylic acids is 1. The van der Waals surface area contributed by atoms with Gasteiger partial charge in [0.2, 0.25) is 0 Å². The first kappa shape index (κ1) is 12.6. The summed E-state index contributed by atoms with van der Waals surface area (Å²) in [6.07, 6.45) is 0.931. The fraction of sp³-hybridized carbons (Fsp3) is 0.615. The highest BCUT2D eigenvalue weighted by atomic mass is 32.1. The van der Waals surface area contributed by atoms with E-state index in [4.69, 9.17) is 0 Å². The first-order valence-electron chi connectivity index (χ1n) is 6.25. The minimum absolute atomic E-state index is 0.206. The van der Waals surface area contributed by atoms with Gasteiger partial charge in [-0.3, -0.25) is 4.79 Å². The van der Waals surface area contributed by atoms with Crippen molar-refractivity contribution in [2.75, 3.05) is 13.1 Å². The zero-order valence-electron chi connectivity index (χ0n) is 10.7. The Morgan fingerprint density at radius 1 is 1.59 bits per heavy atom. The first-order valence-corrected chi connectivity index (χ1v) is 7.13. The van der Waals surface area contributed by atoms with E-state index in [0.717, 1.165) is 24.4 Å². The van der Waals surface area contributed by atoms with Crippen molar-refractivity contribution in [3.8, 4) is 0 Å². The van der Waals surface area contributed by atoms with Crippen LogP contribution in [0, 0.1) is 0 Å². The molecule has 2 rings (SSSR count). The molecule has 0 saturated carbocycles. The molecule has 0 spiro atoms. The Labute approximate surface area is 107 Å². The fourth-order valence-corrected chi connectivity index (χ4v) is 3.23.